The van der Waals surface area contributed by atoms with E-state index in [4.69, 9.17) is 4.74 Å². The molecule has 3 amide bonds. The number of nitrogens with zero attached hydrogens (tertiary/aromatic N) is 3. The average Bonchev–Trinajstić information content (AvgIpc) is 3.13. The Morgan fingerprint density at radius 3 is 2.38 bits per heavy atom. The van der Waals surface area contributed by atoms with Gasteiger partial charge in [0.1, 0.15) is 5.75 Å². The molecule has 262 valence electrons. The molecular formula is C38H40F3N5O4. The number of benzene rings is 3. The van der Waals surface area contributed by atoms with E-state index in [-0.39, 0.29) is 23.6 Å². The molecule has 50 heavy (non-hydrogen) atoms. The van der Waals surface area contributed by atoms with Crippen LogP contribution in [0, 0.1) is 0 Å². The summed E-state index contributed by atoms with van der Waals surface area (Å²) in [7, 11) is 3.17. The summed E-state index contributed by atoms with van der Waals surface area (Å²) in [5.74, 6) is -0.848. The van der Waals surface area contributed by atoms with Gasteiger partial charge in [-0.2, -0.15) is 13.2 Å². The highest BCUT2D eigenvalue weighted by atomic mass is 19.4. The Balaban J connectivity index is 1.44. The lowest BCUT2D eigenvalue weighted by atomic mass is 10.0. The number of nitrogens with one attached hydrogen (secondary N) is 2. The molecule has 0 unspecified atom stereocenters. The predicted molar refractivity (Wildman–Crippen MR) is 187 cm³/mol. The van der Waals surface area contributed by atoms with Crippen LogP contribution < -0.4 is 20.3 Å². The van der Waals surface area contributed by atoms with Crippen LogP contribution in [0.1, 0.15) is 74.8 Å². The lowest BCUT2D eigenvalue weighted by molar-refractivity contribution is -0.137. The van der Waals surface area contributed by atoms with E-state index in [1.807, 2.05) is 19.1 Å². The summed E-state index contributed by atoms with van der Waals surface area (Å²) < 4.78 is 45.0. The first-order valence-corrected chi connectivity index (χ1v) is 16.5. The zero-order valence-corrected chi connectivity index (χ0v) is 28.3. The largest absolute Gasteiger partial charge is 0.497 e. The van der Waals surface area contributed by atoms with Gasteiger partial charge >= 0.3 is 6.18 Å². The number of halogens is 3. The van der Waals surface area contributed by atoms with E-state index in [0.717, 1.165) is 56.6 Å². The molecule has 0 saturated carbocycles. The number of amides is 3. The molecule has 5 rings (SSSR count). The lowest BCUT2D eigenvalue weighted by Gasteiger charge is -2.29. The van der Waals surface area contributed by atoms with Gasteiger partial charge in [-0.15, -0.1) is 0 Å². The van der Waals surface area contributed by atoms with Gasteiger partial charge in [0.25, 0.3) is 17.7 Å². The summed E-state index contributed by atoms with van der Waals surface area (Å²) in [5, 5.41) is 5.66. The Morgan fingerprint density at radius 2 is 1.66 bits per heavy atom. The lowest BCUT2D eigenvalue weighted by Crippen LogP contribution is -2.29. The molecule has 1 aromatic heterocycles. The monoisotopic (exact) mass is 687 g/mol. The van der Waals surface area contributed by atoms with Gasteiger partial charge in [-0.25, -0.2) is 0 Å². The number of alkyl halides is 3. The van der Waals surface area contributed by atoms with E-state index >= 15 is 0 Å². The van der Waals surface area contributed by atoms with Crippen LogP contribution in [0.15, 0.2) is 79.0 Å². The van der Waals surface area contributed by atoms with Crippen LogP contribution in [-0.4, -0.2) is 61.4 Å². The number of ether oxygens (including phenoxy) is 1. The van der Waals surface area contributed by atoms with Crippen LogP contribution in [0.4, 0.5) is 24.5 Å². The Kier molecular flexibility index (Phi) is 11.4. The van der Waals surface area contributed by atoms with Crippen molar-refractivity contribution in [2.24, 2.45) is 0 Å². The van der Waals surface area contributed by atoms with Crippen molar-refractivity contribution in [3.63, 3.8) is 0 Å². The van der Waals surface area contributed by atoms with Crippen molar-refractivity contribution in [3.8, 4) is 17.0 Å². The number of carbonyl (C=O) groups excluding carboxylic acids is 3. The van der Waals surface area contributed by atoms with Crippen LogP contribution in [0.25, 0.3) is 11.3 Å². The van der Waals surface area contributed by atoms with Gasteiger partial charge in [0.15, 0.2) is 0 Å². The third-order valence-electron chi connectivity index (χ3n) is 8.54. The van der Waals surface area contributed by atoms with E-state index < -0.39 is 23.6 Å². The maximum Gasteiger partial charge on any atom is 0.416 e. The maximum absolute atomic E-state index is 13.7. The molecule has 4 aromatic rings. The molecule has 2 N–H and O–H groups in total. The van der Waals surface area contributed by atoms with Gasteiger partial charge in [-0.05, 0) is 91.9 Å². The number of carbonyl (C=O) groups is 3. The van der Waals surface area contributed by atoms with Crippen molar-refractivity contribution in [2.45, 2.75) is 45.3 Å². The van der Waals surface area contributed by atoms with E-state index in [1.54, 1.807) is 36.2 Å². The van der Waals surface area contributed by atoms with Crippen LogP contribution >= 0.6 is 0 Å². The quantitative estimate of drug-likeness (QED) is 0.170. The van der Waals surface area contributed by atoms with Crippen molar-refractivity contribution in [2.75, 3.05) is 44.0 Å². The van der Waals surface area contributed by atoms with Crippen LogP contribution in [-0.2, 0) is 12.7 Å². The predicted octanol–water partition coefficient (Wildman–Crippen LogP) is 7.43. The maximum atomic E-state index is 13.7. The van der Waals surface area contributed by atoms with E-state index in [2.05, 4.69) is 20.5 Å². The molecule has 9 nitrogen and oxygen atoms in total. The second kappa shape index (κ2) is 15.9. The summed E-state index contributed by atoms with van der Waals surface area (Å²) in [5.41, 5.74) is 2.64. The van der Waals surface area contributed by atoms with Crippen LogP contribution in [0.3, 0.4) is 0 Å². The number of anilines is 2. The summed E-state index contributed by atoms with van der Waals surface area (Å²) in [6, 6.07) is 18.2. The number of hydrogen-bond acceptors (Lipinski definition) is 6. The molecular weight excluding hydrogens is 647 g/mol. The van der Waals surface area contributed by atoms with Crippen molar-refractivity contribution in [1.82, 2.24) is 15.2 Å². The van der Waals surface area contributed by atoms with Crippen molar-refractivity contribution in [3.05, 3.63) is 107 Å². The van der Waals surface area contributed by atoms with E-state index in [9.17, 15) is 27.6 Å². The zero-order valence-electron chi connectivity index (χ0n) is 28.3. The Morgan fingerprint density at radius 1 is 0.900 bits per heavy atom. The fourth-order valence-electron chi connectivity index (χ4n) is 5.89. The van der Waals surface area contributed by atoms with Crippen LogP contribution in [0.2, 0.25) is 0 Å². The Bertz CT molecular complexity index is 1860. The molecule has 1 saturated heterocycles. The smallest absolute Gasteiger partial charge is 0.416 e. The number of aromatic nitrogens is 1. The summed E-state index contributed by atoms with van der Waals surface area (Å²) in [6.07, 6.45) is 1.02. The van der Waals surface area contributed by atoms with Gasteiger partial charge in [0, 0.05) is 67.4 Å². The van der Waals surface area contributed by atoms with Crippen LogP contribution in [0.5, 0.6) is 5.75 Å². The third-order valence-corrected chi connectivity index (χ3v) is 8.54. The normalized spacial score (nSPS) is 13.0. The molecule has 0 aliphatic carbocycles. The highest BCUT2D eigenvalue weighted by molar-refractivity contribution is 6.08. The Hall–Kier alpha value is -5.39. The molecule has 0 bridgehead atoms. The molecule has 0 radical (unpaired) electrons. The number of hydrogen-bond donors (Lipinski definition) is 2. The highest BCUT2D eigenvalue weighted by Gasteiger charge is 2.30. The van der Waals surface area contributed by atoms with Gasteiger partial charge in [-0.1, -0.05) is 19.1 Å². The first-order valence-electron chi connectivity index (χ1n) is 16.5. The topological polar surface area (TPSA) is 104 Å². The minimum Gasteiger partial charge on any atom is -0.497 e. The number of pyridine rings is 1. The van der Waals surface area contributed by atoms with E-state index in [1.165, 1.54) is 37.6 Å². The summed E-state index contributed by atoms with van der Waals surface area (Å²) in [4.78, 5) is 48.4. The van der Waals surface area contributed by atoms with Crippen molar-refractivity contribution in [1.29, 1.82) is 0 Å². The SMILES string of the molecule is CCCN(C)C(=O)c1cc(OC)cc(C(=O)Nc2ccc(N3CCCCC3)cc2-c2cc(C(=O)NCc3cccc(C(F)(F)F)c3)ccn2)c1. The molecule has 3 aromatic carbocycles. The third kappa shape index (κ3) is 8.79. The highest BCUT2D eigenvalue weighted by Crippen LogP contribution is 2.34. The van der Waals surface area contributed by atoms with Gasteiger partial charge in [-0.3, -0.25) is 19.4 Å². The minimum atomic E-state index is -4.49. The fraction of sp³-hybridized carbons (Fsp3) is 0.316. The first-order chi connectivity index (χ1) is 24.0. The molecule has 1 aliphatic heterocycles. The molecule has 1 aliphatic rings. The fourth-order valence-corrected chi connectivity index (χ4v) is 5.89. The standard InChI is InChI=1S/C38H40F3N5O4/c1-4-15-45(2)37(49)28-19-27(20-31(21-28)50-3)36(48)44-33-12-11-30(46-16-6-5-7-17-46)23-32(33)34-22-26(13-14-42-34)35(47)43-24-25-9-8-10-29(18-25)38(39,40)41/h8-14,18-23H,4-7,15-17,24H2,1-3H3,(H,43,47)(H,44,48). The second-order valence-corrected chi connectivity index (χ2v) is 12.2. The average molecular weight is 688 g/mol. The molecule has 0 spiro atoms. The molecule has 0 atom stereocenters. The first kappa shape index (κ1) is 35.9. The van der Waals surface area contributed by atoms with Gasteiger partial charge in [0.2, 0.25) is 0 Å². The van der Waals surface area contributed by atoms with E-state index in [0.29, 0.717) is 40.4 Å². The number of rotatable bonds is 11. The zero-order chi connectivity index (χ0) is 35.8. The molecule has 1 fully saturated rings. The van der Waals surface area contributed by atoms with Gasteiger partial charge < -0.3 is 25.2 Å². The van der Waals surface area contributed by atoms with Crippen molar-refractivity contribution >= 4 is 29.1 Å². The number of methoxy groups -OCH3 is 1. The summed E-state index contributed by atoms with van der Waals surface area (Å²) in [6.45, 7) is 4.18. The number of piperidine rings is 1. The van der Waals surface area contributed by atoms with Crippen molar-refractivity contribution < 1.29 is 32.3 Å². The second-order valence-electron chi connectivity index (χ2n) is 12.2. The minimum absolute atomic E-state index is 0.106. The Labute approximate surface area is 289 Å². The summed E-state index contributed by atoms with van der Waals surface area (Å²) >= 11 is 0. The molecule has 12 heteroatoms. The van der Waals surface area contributed by atoms with Gasteiger partial charge in [0.05, 0.1) is 24.1 Å². The molecule has 2 heterocycles.